The molecular weight excluding hydrogens is 448 g/mol. The zero-order chi connectivity index (χ0) is 23.5. The Kier molecular flexibility index (Phi) is 6.55. The molecule has 34 heavy (non-hydrogen) atoms. The molecule has 5 rings (SSSR count). The maximum atomic E-state index is 12.9. The normalized spacial score (nSPS) is 18.1. The van der Waals surface area contributed by atoms with Crippen molar-refractivity contribution in [1.29, 1.82) is 0 Å². The second kappa shape index (κ2) is 9.90. The molecule has 8 nitrogen and oxygen atoms in total. The lowest BCUT2D eigenvalue weighted by molar-refractivity contribution is -0.121. The van der Waals surface area contributed by atoms with Crippen LogP contribution in [0.15, 0.2) is 54.6 Å². The standard InChI is InChI=1S/C25H28N6O2S/c32-22(26-12-13-29-14-16-30(17-15-29)18-6-2-1-3-7-18)11-10-21-24(33)31-23(27-21)19-8-4-5-9-20(19)28-25(31)34/h1-9,21,27H,10-17H2,(H,26,32)/t21-/m1/s1. The van der Waals surface area contributed by atoms with Gasteiger partial charge in [0.25, 0.3) is 5.91 Å². The summed E-state index contributed by atoms with van der Waals surface area (Å²) in [5, 5.41) is 7.11. The predicted octanol–water partition coefficient (Wildman–Crippen LogP) is 2.92. The molecule has 0 aliphatic carbocycles. The van der Waals surface area contributed by atoms with Crippen LogP contribution in [0.1, 0.15) is 17.6 Å². The smallest absolute Gasteiger partial charge is 0.257 e. The Hall–Kier alpha value is -3.30. The number of aromatic nitrogens is 2. The van der Waals surface area contributed by atoms with E-state index in [1.807, 2.05) is 30.3 Å². The van der Waals surface area contributed by atoms with Crippen LogP contribution in [0.4, 0.5) is 11.5 Å². The molecule has 2 aliphatic rings. The molecular formula is C25H28N6O2S. The van der Waals surface area contributed by atoms with E-state index in [2.05, 4.69) is 49.7 Å². The van der Waals surface area contributed by atoms with E-state index in [-0.39, 0.29) is 23.0 Å². The van der Waals surface area contributed by atoms with Gasteiger partial charge in [-0.05, 0) is 42.9 Å². The summed E-state index contributed by atoms with van der Waals surface area (Å²) in [5.41, 5.74) is 2.01. The van der Waals surface area contributed by atoms with Crippen molar-refractivity contribution in [1.82, 2.24) is 19.8 Å². The Morgan fingerprint density at radius 2 is 1.79 bits per heavy atom. The number of anilines is 2. The molecule has 1 aromatic heterocycles. The topological polar surface area (TPSA) is 82.5 Å². The molecule has 1 saturated heterocycles. The average molecular weight is 477 g/mol. The summed E-state index contributed by atoms with van der Waals surface area (Å²) < 4.78 is 1.69. The lowest BCUT2D eigenvalue weighted by Crippen LogP contribution is -2.48. The molecule has 0 unspecified atom stereocenters. The van der Waals surface area contributed by atoms with Crippen molar-refractivity contribution in [2.24, 2.45) is 0 Å². The van der Waals surface area contributed by atoms with Crippen LogP contribution in [0.25, 0.3) is 10.9 Å². The first kappa shape index (κ1) is 22.5. The van der Waals surface area contributed by atoms with Gasteiger partial charge in [0, 0.05) is 56.8 Å². The van der Waals surface area contributed by atoms with E-state index in [9.17, 15) is 9.59 Å². The van der Waals surface area contributed by atoms with Crippen molar-refractivity contribution in [2.75, 3.05) is 49.5 Å². The third-order valence-corrected chi connectivity index (χ3v) is 6.80. The lowest BCUT2D eigenvalue weighted by atomic mass is 10.1. The van der Waals surface area contributed by atoms with E-state index in [1.54, 1.807) is 0 Å². The van der Waals surface area contributed by atoms with Crippen molar-refractivity contribution >= 4 is 46.4 Å². The van der Waals surface area contributed by atoms with Crippen molar-refractivity contribution in [3.8, 4) is 0 Å². The molecule has 176 valence electrons. The number of fused-ring (bicyclic) bond motifs is 3. The van der Waals surface area contributed by atoms with Gasteiger partial charge in [-0.1, -0.05) is 30.3 Å². The monoisotopic (exact) mass is 476 g/mol. The molecule has 0 spiro atoms. The molecule has 2 aliphatic heterocycles. The summed E-state index contributed by atoms with van der Waals surface area (Å²) in [5.74, 6) is 0.475. The molecule has 1 fully saturated rings. The Balaban J connectivity index is 1.07. The highest BCUT2D eigenvalue weighted by Crippen LogP contribution is 2.29. The molecule has 0 saturated carbocycles. The quantitative estimate of drug-likeness (QED) is 0.508. The number of benzene rings is 2. The van der Waals surface area contributed by atoms with Crippen molar-refractivity contribution in [3.63, 3.8) is 0 Å². The van der Waals surface area contributed by atoms with Crippen LogP contribution in [-0.2, 0) is 4.79 Å². The number of hydrogen-bond acceptors (Lipinski definition) is 7. The Bertz CT molecular complexity index is 1250. The molecule has 1 amide bonds. The van der Waals surface area contributed by atoms with Gasteiger partial charge in [-0.25, -0.2) is 9.55 Å². The molecule has 2 N–H and O–H groups in total. The van der Waals surface area contributed by atoms with Gasteiger partial charge in [-0.3, -0.25) is 14.5 Å². The summed E-state index contributed by atoms with van der Waals surface area (Å²) in [6, 6.07) is 17.6. The second-order valence-corrected chi connectivity index (χ2v) is 9.05. The molecule has 3 aromatic rings. The van der Waals surface area contributed by atoms with E-state index in [1.165, 1.54) is 10.3 Å². The zero-order valence-electron chi connectivity index (χ0n) is 18.9. The Labute approximate surface area is 203 Å². The van der Waals surface area contributed by atoms with E-state index in [0.717, 1.165) is 43.6 Å². The molecule has 0 radical (unpaired) electrons. The van der Waals surface area contributed by atoms with Crippen LogP contribution in [0.2, 0.25) is 0 Å². The minimum atomic E-state index is -0.480. The number of rotatable bonds is 7. The van der Waals surface area contributed by atoms with Crippen LogP contribution in [0, 0.1) is 4.77 Å². The number of hydrogen-bond donors (Lipinski definition) is 2. The second-order valence-electron chi connectivity index (χ2n) is 8.68. The Morgan fingerprint density at radius 3 is 2.59 bits per heavy atom. The van der Waals surface area contributed by atoms with Crippen LogP contribution in [0.5, 0.6) is 0 Å². The number of nitrogens with one attached hydrogen (secondary N) is 2. The van der Waals surface area contributed by atoms with Gasteiger partial charge in [0.1, 0.15) is 11.9 Å². The number of piperazine rings is 1. The molecule has 1 atom stereocenters. The fraction of sp³-hybridized carbons (Fsp3) is 0.360. The highest BCUT2D eigenvalue weighted by atomic mass is 32.1. The zero-order valence-corrected chi connectivity index (χ0v) is 19.8. The summed E-state index contributed by atoms with van der Waals surface area (Å²) in [6.45, 7) is 5.36. The SMILES string of the molecule is O=C(CC[C@H]1Nc2c3ccccc3nc(=S)n2C1=O)NCCN1CCN(c2ccccc2)CC1. The first-order valence-electron chi connectivity index (χ1n) is 11.7. The first-order valence-corrected chi connectivity index (χ1v) is 12.1. The number of para-hydroxylation sites is 2. The van der Waals surface area contributed by atoms with E-state index in [4.69, 9.17) is 12.2 Å². The molecule has 3 heterocycles. The third kappa shape index (κ3) is 4.67. The highest BCUT2D eigenvalue weighted by molar-refractivity contribution is 7.71. The number of amides is 1. The molecule has 2 aromatic carbocycles. The lowest BCUT2D eigenvalue weighted by Gasteiger charge is -2.36. The number of carbonyl (C=O) groups excluding carboxylic acids is 2. The minimum Gasteiger partial charge on any atom is -0.369 e. The maximum absolute atomic E-state index is 12.9. The van der Waals surface area contributed by atoms with Gasteiger partial charge in [-0.2, -0.15) is 0 Å². The average Bonchev–Trinajstić information content (AvgIpc) is 3.21. The van der Waals surface area contributed by atoms with Crippen LogP contribution in [0.3, 0.4) is 0 Å². The van der Waals surface area contributed by atoms with Crippen LogP contribution >= 0.6 is 12.2 Å². The minimum absolute atomic E-state index is 0.0416. The summed E-state index contributed by atoms with van der Waals surface area (Å²) >= 11 is 5.33. The van der Waals surface area contributed by atoms with E-state index >= 15 is 0 Å². The van der Waals surface area contributed by atoms with Gasteiger partial charge in [0.15, 0.2) is 0 Å². The van der Waals surface area contributed by atoms with E-state index < -0.39 is 6.04 Å². The van der Waals surface area contributed by atoms with Gasteiger partial charge in [0.05, 0.1) is 5.52 Å². The maximum Gasteiger partial charge on any atom is 0.257 e. The van der Waals surface area contributed by atoms with Crippen LogP contribution < -0.4 is 15.5 Å². The fourth-order valence-electron chi connectivity index (χ4n) is 4.65. The summed E-state index contributed by atoms with van der Waals surface area (Å²) in [6.07, 6.45) is 0.684. The van der Waals surface area contributed by atoms with Crippen molar-refractivity contribution in [2.45, 2.75) is 18.9 Å². The third-order valence-electron chi connectivity index (χ3n) is 6.52. The van der Waals surface area contributed by atoms with Gasteiger partial charge in [0.2, 0.25) is 10.7 Å². The first-order chi connectivity index (χ1) is 16.6. The molecule has 0 bridgehead atoms. The summed E-state index contributed by atoms with van der Waals surface area (Å²) in [7, 11) is 0. The van der Waals surface area contributed by atoms with Gasteiger partial charge in [-0.15, -0.1) is 0 Å². The van der Waals surface area contributed by atoms with Gasteiger partial charge < -0.3 is 15.5 Å². The largest absolute Gasteiger partial charge is 0.369 e. The summed E-state index contributed by atoms with van der Waals surface area (Å²) in [4.78, 5) is 34.4. The fourth-order valence-corrected chi connectivity index (χ4v) is 4.93. The van der Waals surface area contributed by atoms with Crippen molar-refractivity contribution < 1.29 is 9.59 Å². The number of carbonyl (C=O) groups is 2. The molecule has 9 heteroatoms. The van der Waals surface area contributed by atoms with Crippen molar-refractivity contribution in [3.05, 3.63) is 59.4 Å². The van der Waals surface area contributed by atoms with E-state index in [0.29, 0.717) is 18.8 Å². The predicted molar refractivity (Wildman–Crippen MR) is 136 cm³/mol. The number of nitrogens with zero attached hydrogens (tertiary/aromatic N) is 4. The highest BCUT2D eigenvalue weighted by Gasteiger charge is 2.32. The van der Waals surface area contributed by atoms with Crippen LogP contribution in [-0.4, -0.2) is 71.6 Å². The van der Waals surface area contributed by atoms with Gasteiger partial charge >= 0.3 is 0 Å². The Morgan fingerprint density at radius 1 is 1.06 bits per heavy atom.